The van der Waals surface area contributed by atoms with Crippen LogP contribution in [-0.2, 0) is 4.79 Å². The van der Waals surface area contributed by atoms with Crippen LogP contribution in [0, 0.1) is 0 Å². The van der Waals surface area contributed by atoms with Gasteiger partial charge in [0, 0.05) is 40.0 Å². The number of carbonyl (C=O) groups excluding carboxylic acids is 3. The van der Waals surface area contributed by atoms with Gasteiger partial charge in [-0.2, -0.15) is 0 Å². The zero-order valence-electron chi connectivity index (χ0n) is 21.1. The maximum atomic E-state index is 13.8. The van der Waals surface area contributed by atoms with Gasteiger partial charge in [0.25, 0.3) is 17.7 Å². The molecule has 3 aromatic carbocycles. The maximum Gasteiger partial charge on any atom is 0.269 e. The Bertz CT molecular complexity index is 1700. The second-order valence-corrected chi connectivity index (χ2v) is 9.38. The molecule has 192 valence electrons. The second-order valence-electron chi connectivity index (χ2n) is 9.38. The Kier molecular flexibility index (Phi) is 6.13. The number of hydrogen-bond acceptors (Lipinski definition) is 4. The van der Waals surface area contributed by atoms with Crippen LogP contribution in [0.5, 0.6) is 0 Å². The first-order valence-electron chi connectivity index (χ1n) is 12.6. The highest BCUT2D eigenvalue weighted by Crippen LogP contribution is 2.46. The van der Waals surface area contributed by atoms with Crippen molar-refractivity contribution < 1.29 is 14.4 Å². The number of rotatable bonds is 5. The number of nitrogens with zero attached hydrogens (tertiary/aromatic N) is 2. The molecule has 8 heteroatoms. The van der Waals surface area contributed by atoms with E-state index in [1.807, 2.05) is 72.8 Å². The number of fused-ring (bicyclic) bond motifs is 2. The summed E-state index contributed by atoms with van der Waals surface area (Å²) in [7, 11) is 0. The molecule has 3 amide bonds. The number of H-pyrrole nitrogens is 1. The number of carbonyl (C=O) groups is 3. The summed E-state index contributed by atoms with van der Waals surface area (Å²) in [4.78, 5) is 48.7. The fraction of sp³-hybridized carbons (Fsp3) is 0.0968. The van der Waals surface area contributed by atoms with Gasteiger partial charge in [-0.25, -0.2) is 0 Å². The predicted molar refractivity (Wildman–Crippen MR) is 147 cm³/mol. The molecule has 1 aliphatic heterocycles. The van der Waals surface area contributed by atoms with Crippen LogP contribution >= 0.6 is 0 Å². The van der Waals surface area contributed by atoms with Crippen molar-refractivity contribution in [1.29, 1.82) is 0 Å². The van der Waals surface area contributed by atoms with Gasteiger partial charge in [0.1, 0.15) is 6.04 Å². The van der Waals surface area contributed by atoms with E-state index in [4.69, 9.17) is 0 Å². The molecule has 2 unspecified atom stereocenters. The van der Waals surface area contributed by atoms with E-state index in [0.29, 0.717) is 11.1 Å². The number of hydrazine groups is 1. The average Bonchev–Trinajstić information content (AvgIpc) is 3.51. The Morgan fingerprint density at radius 1 is 0.872 bits per heavy atom. The minimum absolute atomic E-state index is 0.247. The Morgan fingerprint density at radius 3 is 2.36 bits per heavy atom. The Morgan fingerprint density at radius 2 is 1.56 bits per heavy atom. The van der Waals surface area contributed by atoms with Gasteiger partial charge in [-0.15, -0.1) is 0 Å². The summed E-state index contributed by atoms with van der Waals surface area (Å²) >= 11 is 0. The molecule has 39 heavy (non-hydrogen) atoms. The minimum atomic E-state index is -0.898. The molecule has 3 heterocycles. The van der Waals surface area contributed by atoms with Crippen LogP contribution in [0.2, 0.25) is 0 Å². The summed E-state index contributed by atoms with van der Waals surface area (Å²) in [6, 6.07) is 27.0. The Hall–Kier alpha value is -5.24. The Balaban J connectivity index is 1.41. The molecule has 5 aromatic rings. The zero-order valence-corrected chi connectivity index (χ0v) is 21.1. The van der Waals surface area contributed by atoms with Crippen LogP contribution in [0.3, 0.4) is 0 Å². The monoisotopic (exact) mass is 515 g/mol. The van der Waals surface area contributed by atoms with Crippen molar-refractivity contribution in [3.63, 3.8) is 0 Å². The highest BCUT2D eigenvalue weighted by molar-refractivity contribution is 6.04. The van der Waals surface area contributed by atoms with Crippen molar-refractivity contribution in [2.45, 2.75) is 19.0 Å². The summed E-state index contributed by atoms with van der Waals surface area (Å²) in [5.41, 5.74) is 10.4. The second kappa shape index (κ2) is 9.90. The first-order chi connectivity index (χ1) is 19.0. The lowest BCUT2D eigenvalue weighted by Gasteiger charge is -2.31. The van der Waals surface area contributed by atoms with Crippen LogP contribution < -0.4 is 10.9 Å². The van der Waals surface area contributed by atoms with Crippen molar-refractivity contribution in [3.05, 3.63) is 126 Å². The first-order valence-corrected chi connectivity index (χ1v) is 12.6. The van der Waals surface area contributed by atoms with E-state index < -0.39 is 23.9 Å². The van der Waals surface area contributed by atoms with Crippen LogP contribution in [0.25, 0.3) is 22.2 Å². The molecular formula is C31H25N5O3. The zero-order chi connectivity index (χ0) is 26.9. The standard InChI is InChI=1S/C31H25N5O3/c1-19(29(37)34-35-30(38)21-15-17-32-18-16-21)36-28(22-11-5-6-12-23(22)31(36)39)26-24-13-7-8-14-25(24)33-27(26)20-9-3-2-4-10-20/h2-19,28,33H,1H3,(H,34,37)(H,35,38). The van der Waals surface area contributed by atoms with Gasteiger partial charge < -0.3 is 9.88 Å². The largest absolute Gasteiger partial charge is 0.354 e. The van der Waals surface area contributed by atoms with E-state index in [-0.39, 0.29) is 5.91 Å². The third kappa shape index (κ3) is 4.21. The van der Waals surface area contributed by atoms with Gasteiger partial charge in [0.05, 0.1) is 11.7 Å². The highest BCUT2D eigenvalue weighted by atomic mass is 16.2. The van der Waals surface area contributed by atoms with Crippen molar-refractivity contribution in [2.24, 2.45) is 0 Å². The highest BCUT2D eigenvalue weighted by Gasteiger charge is 2.44. The van der Waals surface area contributed by atoms with Gasteiger partial charge >= 0.3 is 0 Å². The normalized spacial score (nSPS) is 15.2. The van der Waals surface area contributed by atoms with Gasteiger partial charge in [-0.05, 0) is 42.3 Å². The molecule has 2 aromatic heterocycles. The molecule has 0 fully saturated rings. The van der Waals surface area contributed by atoms with E-state index in [9.17, 15) is 14.4 Å². The summed E-state index contributed by atoms with van der Waals surface area (Å²) < 4.78 is 0. The molecule has 0 radical (unpaired) electrons. The fourth-order valence-corrected chi connectivity index (χ4v) is 5.24. The third-order valence-corrected chi connectivity index (χ3v) is 7.12. The van der Waals surface area contributed by atoms with Crippen LogP contribution in [0.1, 0.15) is 44.8 Å². The number of benzene rings is 3. The average molecular weight is 516 g/mol. The van der Waals surface area contributed by atoms with Gasteiger partial charge in [0.15, 0.2) is 0 Å². The van der Waals surface area contributed by atoms with Crippen LogP contribution in [0.4, 0.5) is 0 Å². The quantitative estimate of drug-likeness (QED) is 0.297. The number of nitrogens with one attached hydrogen (secondary N) is 3. The molecule has 0 spiro atoms. The van der Waals surface area contributed by atoms with Gasteiger partial charge in [0.2, 0.25) is 0 Å². The molecule has 0 saturated heterocycles. The number of pyridine rings is 1. The Labute approximate surface area is 224 Å². The topological polar surface area (TPSA) is 107 Å². The molecule has 8 nitrogen and oxygen atoms in total. The molecule has 0 aliphatic carbocycles. The van der Waals surface area contributed by atoms with E-state index in [2.05, 4.69) is 20.8 Å². The minimum Gasteiger partial charge on any atom is -0.354 e. The lowest BCUT2D eigenvalue weighted by atomic mass is 9.92. The SMILES string of the molecule is CC(C(=O)NNC(=O)c1ccncc1)N1C(=O)c2ccccc2C1c1c(-c2ccccc2)[nH]c2ccccc12. The molecule has 3 N–H and O–H groups in total. The van der Waals surface area contributed by atoms with Crippen LogP contribution in [-0.4, -0.2) is 38.6 Å². The van der Waals surface area contributed by atoms with Crippen molar-refractivity contribution in [2.75, 3.05) is 0 Å². The summed E-state index contributed by atoms with van der Waals surface area (Å²) in [6.45, 7) is 1.67. The summed E-state index contributed by atoms with van der Waals surface area (Å²) in [5.74, 6) is -1.24. The van der Waals surface area contributed by atoms with E-state index in [1.54, 1.807) is 30.0 Å². The third-order valence-electron chi connectivity index (χ3n) is 7.12. The number of hydrogen-bond donors (Lipinski definition) is 3. The molecule has 0 saturated carbocycles. The number of aromatic nitrogens is 2. The van der Waals surface area contributed by atoms with Gasteiger partial charge in [-0.1, -0.05) is 66.7 Å². The lowest BCUT2D eigenvalue weighted by Crippen LogP contribution is -2.52. The summed E-state index contributed by atoms with van der Waals surface area (Å²) in [5, 5.41) is 0.967. The molecule has 6 rings (SSSR count). The number of aromatic amines is 1. The van der Waals surface area contributed by atoms with Crippen molar-refractivity contribution in [3.8, 4) is 11.3 Å². The lowest BCUT2D eigenvalue weighted by molar-refractivity contribution is -0.126. The van der Waals surface area contributed by atoms with Crippen molar-refractivity contribution in [1.82, 2.24) is 25.7 Å². The van der Waals surface area contributed by atoms with Crippen LogP contribution in [0.15, 0.2) is 103 Å². The summed E-state index contributed by atoms with van der Waals surface area (Å²) in [6.07, 6.45) is 2.99. The van der Waals surface area contributed by atoms with Gasteiger partial charge in [-0.3, -0.25) is 30.2 Å². The first kappa shape index (κ1) is 24.1. The number of para-hydroxylation sites is 1. The predicted octanol–water partition coefficient (Wildman–Crippen LogP) is 4.62. The van der Waals surface area contributed by atoms with E-state index >= 15 is 0 Å². The van der Waals surface area contributed by atoms with Crippen molar-refractivity contribution >= 4 is 28.6 Å². The fourth-order valence-electron chi connectivity index (χ4n) is 5.24. The molecule has 2 atom stereocenters. The molecule has 0 bridgehead atoms. The van der Waals surface area contributed by atoms with E-state index in [0.717, 1.165) is 33.3 Å². The van der Waals surface area contributed by atoms with E-state index in [1.165, 1.54) is 12.4 Å². The molecule has 1 aliphatic rings. The smallest absolute Gasteiger partial charge is 0.269 e. The molecular weight excluding hydrogens is 490 g/mol. The number of amides is 3. The maximum absolute atomic E-state index is 13.8.